The normalized spacial score (nSPS) is 12.1. The highest BCUT2D eigenvalue weighted by Crippen LogP contribution is 2.26. The Labute approximate surface area is 154 Å². The van der Waals surface area contributed by atoms with Crippen LogP contribution in [-0.2, 0) is 7.05 Å². The number of hydrogen-bond acceptors (Lipinski definition) is 7. The third kappa shape index (κ3) is 4.27. The average Bonchev–Trinajstić information content (AvgIpc) is 3.02. The van der Waals surface area contributed by atoms with E-state index in [0.717, 1.165) is 16.7 Å². The van der Waals surface area contributed by atoms with Crippen molar-refractivity contribution in [2.45, 2.75) is 18.9 Å². The maximum atomic E-state index is 12.4. The fourth-order valence-corrected chi connectivity index (χ4v) is 2.58. The van der Waals surface area contributed by atoms with Crippen LogP contribution in [0.15, 0.2) is 30.7 Å². The molecule has 3 heterocycles. The van der Waals surface area contributed by atoms with Gasteiger partial charge in [0.1, 0.15) is 17.3 Å². The number of fused-ring (bicyclic) bond motifs is 1. The lowest BCUT2D eigenvalue weighted by atomic mass is 10.2. The SMILES string of the molecule is Cn1ccc2c(Nc3nc(NCC(N)CC(F)F)ncc3C#N)ccnc21. The molecule has 8 nitrogen and oxygen atoms in total. The molecule has 3 rings (SSSR count). The number of rotatable bonds is 7. The van der Waals surface area contributed by atoms with Crippen LogP contribution in [0.1, 0.15) is 12.0 Å². The first-order valence-corrected chi connectivity index (χ1v) is 8.19. The van der Waals surface area contributed by atoms with Crippen LogP contribution in [0.4, 0.5) is 26.2 Å². The summed E-state index contributed by atoms with van der Waals surface area (Å²) in [5.74, 6) is 0.494. The lowest BCUT2D eigenvalue weighted by molar-refractivity contribution is 0.130. The van der Waals surface area contributed by atoms with E-state index in [-0.39, 0.29) is 18.1 Å². The molecule has 27 heavy (non-hydrogen) atoms. The molecule has 3 aromatic heterocycles. The van der Waals surface area contributed by atoms with Crippen LogP contribution in [0, 0.1) is 11.3 Å². The lowest BCUT2D eigenvalue weighted by Crippen LogP contribution is -2.31. The molecule has 1 atom stereocenters. The zero-order chi connectivity index (χ0) is 19.4. The van der Waals surface area contributed by atoms with Crippen molar-refractivity contribution >= 4 is 28.5 Å². The van der Waals surface area contributed by atoms with Gasteiger partial charge >= 0.3 is 0 Å². The molecule has 1 unspecified atom stereocenters. The zero-order valence-electron chi connectivity index (χ0n) is 14.5. The fraction of sp³-hybridized carbons (Fsp3) is 0.294. The second-order valence-electron chi connectivity index (χ2n) is 5.98. The molecule has 0 spiro atoms. The van der Waals surface area contributed by atoms with Gasteiger partial charge in [0.05, 0.1) is 11.9 Å². The Balaban J connectivity index is 1.82. The van der Waals surface area contributed by atoms with E-state index in [2.05, 4.69) is 25.6 Å². The molecule has 0 fully saturated rings. The predicted octanol–water partition coefficient (Wildman–Crippen LogP) is 2.37. The Bertz CT molecular complexity index is 979. The predicted molar refractivity (Wildman–Crippen MR) is 97.8 cm³/mol. The first-order chi connectivity index (χ1) is 13.0. The summed E-state index contributed by atoms with van der Waals surface area (Å²) in [7, 11) is 1.88. The summed E-state index contributed by atoms with van der Waals surface area (Å²) in [6, 6.07) is 4.97. The monoisotopic (exact) mass is 372 g/mol. The van der Waals surface area contributed by atoms with Crippen molar-refractivity contribution in [3.05, 3.63) is 36.3 Å². The molecular formula is C17H18F2N8. The van der Waals surface area contributed by atoms with Gasteiger partial charge in [-0.1, -0.05) is 0 Å². The molecule has 140 valence electrons. The van der Waals surface area contributed by atoms with Crippen LogP contribution in [0.2, 0.25) is 0 Å². The van der Waals surface area contributed by atoms with E-state index < -0.39 is 18.9 Å². The molecule has 0 aliphatic heterocycles. The van der Waals surface area contributed by atoms with Gasteiger partial charge in [0, 0.05) is 43.8 Å². The third-order valence-electron chi connectivity index (χ3n) is 3.93. The lowest BCUT2D eigenvalue weighted by Gasteiger charge is -2.13. The number of anilines is 3. The van der Waals surface area contributed by atoms with Crippen molar-refractivity contribution < 1.29 is 8.78 Å². The molecule has 3 aromatic rings. The maximum absolute atomic E-state index is 12.4. The molecule has 0 aliphatic carbocycles. The second-order valence-corrected chi connectivity index (χ2v) is 5.98. The first-order valence-electron chi connectivity index (χ1n) is 8.19. The molecule has 0 aromatic carbocycles. The number of nitrogens with one attached hydrogen (secondary N) is 2. The largest absolute Gasteiger partial charge is 0.353 e. The van der Waals surface area contributed by atoms with Gasteiger partial charge in [-0.2, -0.15) is 10.2 Å². The minimum absolute atomic E-state index is 0.0911. The van der Waals surface area contributed by atoms with E-state index in [1.165, 1.54) is 6.20 Å². The third-order valence-corrected chi connectivity index (χ3v) is 3.93. The van der Waals surface area contributed by atoms with Gasteiger partial charge in [0.25, 0.3) is 0 Å². The standard InChI is InChI=1S/C17H18F2N8/c1-27-5-3-12-13(2-4-22-16(12)27)25-15-10(7-20)8-23-17(26-15)24-9-11(21)6-14(18)19/h2-5,8,11,14H,6,9,21H2,1H3,(H2,22,23,24,25,26). The highest BCUT2D eigenvalue weighted by Gasteiger charge is 2.13. The van der Waals surface area contributed by atoms with E-state index in [0.29, 0.717) is 5.82 Å². The second kappa shape index (κ2) is 7.92. The molecule has 0 bridgehead atoms. The Hall–Kier alpha value is -3.32. The summed E-state index contributed by atoms with van der Waals surface area (Å²) in [5.41, 5.74) is 7.39. The van der Waals surface area contributed by atoms with Gasteiger partial charge in [-0.3, -0.25) is 0 Å². The van der Waals surface area contributed by atoms with Gasteiger partial charge in [0.15, 0.2) is 5.82 Å². The van der Waals surface area contributed by atoms with Gasteiger partial charge in [-0.15, -0.1) is 0 Å². The van der Waals surface area contributed by atoms with Gasteiger partial charge < -0.3 is 20.9 Å². The molecule has 0 amide bonds. The highest BCUT2D eigenvalue weighted by molar-refractivity contribution is 5.91. The number of aryl methyl sites for hydroxylation is 1. The molecular weight excluding hydrogens is 354 g/mol. The number of halogens is 2. The Morgan fingerprint density at radius 1 is 1.33 bits per heavy atom. The molecule has 0 saturated carbocycles. The van der Waals surface area contributed by atoms with Gasteiger partial charge in [-0.25, -0.2) is 18.7 Å². The van der Waals surface area contributed by atoms with E-state index in [9.17, 15) is 14.0 Å². The summed E-state index contributed by atoms with van der Waals surface area (Å²) in [6.45, 7) is 0.0911. The number of pyridine rings is 1. The quantitative estimate of drug-likeness (QED) is 0.583. The molecule has 0 aliphatic rings. The number of alkyl halides is 2. The number of hydrogen-bond donors (Lipinski definition) is 3. The van der Waals surface area contributed by atoms with E-state index in [1.54, 1.807) is 12.3 Å². The molecule has 0 saturated heterocycles. The van der Waals surface area contributed by atoms with E-state index >= 15 is 0 Å². The van der Waals surface area contributed by atoms with Crippen molar-refractivity contribution in [2.24, 2.45) is 12.8 Å². The average molecular weight is 372 g/mol. The van der Waals surface area contributed by atoms with Crippen LogP contribution in [-0.4, -0.2) is 38.5 Å². The minimum atomic E-state index is -2.47. The number of nitrogens with zero attached hydrogens (tertiary/aromatic N) is 5. The molecule has 10 heteroatoms. The Kier molecular flexibility index (Phi) is 5.42. The number of nitrogens with two attached hydrogens (primary N) is 1. The van der Waals surface area contributed by atoms with E-state index in [4.69, 9.17) is 5.73 Å². The van der Waals surface area contributed by atoms with Crippen molar-refractivity contribution in [2.75, 3.05) is 17.2 Å². The minimum Gasteiger partial charge on any atom is -0.353 e. The van der Waals surface area contributed by atoms with Crippen molar-refractivity contribution in [3.8, 4) is 6.07 Å². The van der Waals surface area contributed by atoms with Crippen LogP contribution >= 0.6 is 0 Å². The van der Waals surface area contributed by atoms with Crippen LogP contribution in [0.3, 0.4) is 0 Å². The summed E-state index contributed by atoms with van der Waals surface area (Å²) in [4.78, 5) is 12.6. The highest BCUT2D eigenvalue weighted by atomic mass is 19.3. The van der Waals surface area contributed by atoms with Gasteiger partial charge in [0.2, 0.25) is 12.4 Å². The van der Waals surface area contributed by atoms with Gasteiger partial charge in [-0.05, 0) is 12.1 Å². The smallest absolute Gasteiger partial charge is 0.240 e. The summed E-state index contributed by atoms with van der Waals surface area (Å²) in [6.07, 6.45) is 2.00. The maximum Gasteiger partial charge on any atom is 0.240 e. The number of nitriles is 1. The summed E-state index contributed by atoms with van der Waals surface area (Å²) in [5, 5.41) is 16.1. The van der Waals surface area contributed by atoms with Crippen LogP contribution < -0.4 is 16.4 Å². The van der Waals surface area contributed by atoms with E-state index in [1.807, 2.05) is 29.9 Å². The Morgan fingerprint density at radius 3 is 2.89 bits per heavy atom. The van der Waals surface area contributed by atoms with Crippen molar-refractivity contribution in [1.82, 2.24) is 19.5 Å². The first kappa shape index (κ1) is 18.5. The summed E-state index contributed by atoms with van der Waals surface area (Å²) >= 11 is 0. The molecule has 4 N–H and O–H groups in total. The fourth-order valence-electron chi connectivity index (χ4n) is 2.58. The zero-order valence-corrected chi connectivity index (χ0v) is 14.5. The molecule has 0 radical (unpaired) electrons. The van der Waals surface area contributed by atoms with Crippen LogP contribution in [0.25, 0.3) is 11.0 Å². The van der Waals surface area contributed by atoms with Crippen LogP contribution in [0.5, 0.6) is 0 Å². The Morgan fingerprint density at radius 2 is 2.15 bits per heavy atom. The van der Waals surface area contributed by atoms with Crippen molar-refractivity contribution in [3.63, 3.8) is 0 Å². The van der Waals surface area contributed by atoms with Crippen molar-refractivity contribution in [1.29, 1.82) is 5.26 Å². The number of aromatic nitrogens is 4. The summed E-state index contributed by atoms with van der Waals surface area (Å²) < 4.78 is 26.6. The topological polar surface area (TPSA) is 117 Å².